The van der Waals surface area contributed by atoms with Gasteiger partial charge in [0, 0.05) is 21.3 Å². The molecule has 1 aromatic carbocycles. The summed E-state index contributed by atoms with van der Waals surface area (Å²) in [5, 5.41) is 0. The minimum Gasteiger partial charge on any atom is -0.389 e. The van der Waals surface area contributed by atoms with Crippen LogP contribution in [0.2, 0.25) is 0 Å². The molecule has 4 heteroatoms. The Kier molecular flexibility index (Phi) is 3.54. The lowest BCUT2D eigenvalue weighted by atomic mass is 10.1. The van der Waals surface area contributed by atoms with Crippen LogP contribution >= 0.6 is 28.1 Å². The van der Waals surface area contributed by atoms with Crippen molar-refractivity contribution in [1.29, 1.82) is 0 Å². The van der Waals surface area contributed by atoms with E-state index < -0.39 is 0 Å². The van der Waals surface area contributed by atoms with Crippen molar-refractivity contribution in [3.05, 3.63) is 52.1 Å². The van der Waals surface area contributed by atoms with Gasteiger partial charge in [-0.3, -0.25) is 4.98 Å². The average molecular weight is 307 g/mol. The van der Waals surface area contributed by atoms with E-state index in [0.29, 0.717) is 4.99 Å². The predicted octanol–water partition coefficient (Wildman–Crippen LogP) is 3.45. The van der Waals surface area contributed by atoms with Crippen molar-refractivity contribution >= 4 is 33.1 Å². The highest BCUT2D eigenvalue weighted by Gasteiger charge is 2.05. The van der Waals surface area contributed by atoms with Crippen molar-refractivity contribution in [2.75, 3.05) is 0 Å². The van der Waals surface area contributed by atoms with E-state index in [9.17, 15) is 0 Å². The Hall–Kier alpha value is -1.26. The average Bonchev–Trinajstić information content (AvgIpc) is 2.29. The minimum absolute atomic E-state index is 0.386. The Morgan fingerprint density at radius 1 is 1.18 bits per heavy atom. The molecule has 0 bridgehead atoms. The second-order valence-electron chi connectivity index (χ2n) is 3.70. The molecule has 2 aromatic rings. The summed E-state index contributed by atoms with van der Waals surface area (Å²) in [5.41, 5.74) is 9.30. The standard InChI is InChI=1S/C13H11BrN2S/c1-8-11(13(15)17)6-7-12(16-8)9-2-4-10(14)5-3-9/h2-7H,1H3,(H2,15,17). The first-order valence-corrected chi connectivity index (χ1v) is 6.31. The Bertz CT molecular complexity index is 564. The highest BCUT2D eigenvalue weighted by atomic mass is 79.9. The molecule has 0 saturated heterocycles. The summed E-state index contributed by atoms with van der Waals surface area (Å²) < 4.78 is 1.05. The molecular formula is C13H11BrN2S. The number of rotatable bonds is 2. The van der Waals surface area contributed by atoms with Crippen LogP contribution in [-0.4, -0.2) is 9.97 Å². The Morgan fingerprint density at radius 3 is 2.35 bits per heavy atom. The van der Waals surface area contributed by atoms with Crippen LogP contribution in [0.15, 0.2) is 40.9 Å². The lowest BCUT2D eigenvalue weighted by Gasteiger charge is -2.06. The van der Waals surface area contributed by atoms with Gasteiger partial charge in [0.05, 0.1) is 5.69 Å². The van der Waals surface area contributed by atoms with Crippen LogP contribution in [0.1, 0.15) is 11.3 Å². The van der Waals surface area contributed by atoms with Gasteiger partial charge in [0.2, 0.25) is 0 Å². The highest BCUT2D eigenvalue weighted by Crippen LogP contribution is 2.21. The van der Waals surface area contributed by atoms with Crippen molar-refractivity contribution in [3.63, 3.8) is 0 Å². The second-order valence-corrected chi connectivity index (χ2v) is 5.06. The van der Waals surface area contributed by atoms with Gasteiger partial charge in [-0.15, -0.1) is 0 Å². The number of hydrogen-bond donors (Lipinski definition) is 1. The first-order chi connectivity index (χ1) is 8.08. The minimum atomic E-state index is 0.386. The van der Waals surface area contributed by atoms with E-state index >= 15 is 0 Å². The molecule has 0 aliphatic carbocycles. The lowest BCUT2D eigenvalue weighted by molar-refractivity contribution is 1.19. The fraction of sp³-hybridized carbons (Fsp3) is 0.0769. The maximum atomic E-state index is 5.61. The quantitative estimate of drug-likeness (QED) is 0.864. The van der Waals surface area contributed by atoms with E-state index in [4.69, 9.17) is 18.0 Å². The predicted molar refractivity (Wildman–Crippen MR) is 78.0 cm³/mol. The number of hydrogen-bond acceptors (Lipinski definition) is 2. The van der Waals surface area contributed by atoms with Crippen molar-refractivity contribution in [3.8, 4) is 11.3 Å². The first-order valence-electron chi connectivity index (χ1n) is 5.11. The Labute approximate surface area is 114 Å². The molecule has 17 heavy (non-hydrogen) atoms. The molecule has 0 spiro atoms. The maximum Gasteiger partial charge on any atom is 0.105 e. The molecule has 2 N–H and O–H groups in total. The lowest BCUT2D eigenvalue weighted by Crippen LogP contribution is -2.12. The van der Waals surface area contributed by atoms with E-state index in [-0.39, 0.29) is 0 Å². The molecule has 0 aliphatic rings. The van der Waals surface area contributed by atoms with Gasteiger partial charge in [-0.2, -0.15) is 0 Å². The largest absolute Gasteiger partial charge is 0.389 e. The van der Waals surface area contributed by atoms with Gasteiger partial charge in [-0.25, -0.2) is 0 Å². The van der Waals surface area contributed by atoms with Gasteiger partial charge in [0.25, 0.3) is 0 Å². The maximum absolute atomic E-state index is 5.61. The van der Waals surface area contributed by atoms with Crippen LogP contribution in [0.5, 0.6) is 0 Å². The monoisotopic (exact) mass is 306 g/mol. The number of halogens is 1. The smallest absolute Gasteiger partial charge is 0.105 e. The fourth-order valence-electron chi connectivity index (χ4n) is 1.60. The van der Waals surface area contributed by atoms with Crippen LogP contribution < -0.4 is 5.73 Å². The van der Waals surface area contributed by atoms with E-state index in [2.05, 4.69) is 20.9 Å². The number of nitrogens with two attached hydrogens (primary N) is 1. The van der Waals surface area contributed by atoms with E-state index in [1.54, 1.807) is 0 Å². The summed E-state index contributed by atoms with van der Waals surface area (Å²) >= 11 is 8.37. The third-order valence-corrected chi connectivity index (χ3v) is 3.24. The summed E-state index contributed by atoms with van der Waals surface area (Å²) in [4.78, 5) is 4.90. The summed E-state index contributed by atoms with van der Waals surface area (Å²) in [6, 6.07) is 11.9. The third-order valence-electron chi connectivity index (χ3n) is 2.49. The molecule has 0 saturated carbocycles. The van der Waals surface area contributed by atoms with Gasteiger partial charge in [0.1, 0.15) is 4.99 Å². The third kappa shape index (κ3) is 2.70. The molecule has 0 aliphatic heterocycles. The van der Waals surface area contributed by atoms with Gasteiger partial charge in [-0.05, 0) is 31.2 Å². The van der Waals surface area contributed by atoms with E-state index in [0.717, 1.165) is 27.0 Å². The van der Waals surface area contributed by atoms with Gasteiger partial charge in [-0.1, -0.05) is 40.3 Å². The SMILES string of the molecule is Cc1nc(-c2ccc(Br)cc2)ccc1C(N)=S. The number of pyridine rings is 1. The van der Waals surface area contributed by atoms with E-state index in [1.807, 2.05) is 43.3 Å². The van der Waals surface area contributed by atoms with Crippen LogP contribution in [0, 0.1) is 6.92 Å². The number of thiocarbonyl (C=S) groups is 1. The topological polar surface area (TPSA) is 38.9 Å². The van der Waals surface area contributed by atoms with E-state index in [1.165, 1.54) is 0 Å². The number of nitrogens with zero attached hydrogens (tertiary/aromatic N) is 1. The van der Waals surface area contributed by atoms with Crippen LogP contribution in [0.4, 0.5) is 0 Å². The molecule has 0 atom stereocenters. The number of aromatic nitrogens is 1. The highest BCUT2D eigenvalue weighted by molar-refractivity contribution is 9.10. The number of aryl methyl sites for hydroxylation is 1. The molecule has 1 heterocycles. The van der Waals surface area contributed by atoms with Gasteiger partial charge < -0.3 is 5.73 Å². The van der Waals surface area contributed by atoms with Crippen molar-refractivity contribution < 1.29 is 0 Å². The zero-order valence-corrected chi connectivity index (χ0v) is 11.7. The second kappa shape index (κ2) is 4.94. The van der Waals surface area contributed by atoms with Crippen molar-refractivity contribution in [2.24, 2.45) is 5.73 Å². The normalized spacial score (nSPS) is 10.2. The molecule has 0 fully saturated rings. The summed E-state index contributed by atoms with van der Waals surface area (Å²) in [6.07, 6.45) is 0. The Balaban J connectivity index is 2.44. The number of benzene rings is 1. The van der Waals surface area contributed by atoms with Crippen molar-refractivity contribution in [2.45, 2.75) is 6.92 Å². The zero-order chi connectivity index (χ0) is 12.4. The molecule has 2 nitrogen and oxygen atoms in total. The molecule has 0 amide bonds. The molecule has 0 unspecified atom stereocenters. The van der Waals surface area contributed by atoms with Crippen LogP contribution in [-0.2, 0) is 0 Å². The molecular weight excluding hydrogens is 296 g/mol. The summed E-state index contributed by atoms with van der Waals surface area (Å²) in [7, 11) is 0. The van der Waals surface area contributed by atoms with Gasteiger partial charge >= 0.3 is 0 Å². The molecule has 2 rings (SSSR count). The zero-order valence-electron chi connectivity index (χ0n) is 9.27. The van der Waals surface area contributed by atoms with Crippen LogP contribution in [0.25, 0.3) is 11.3 Å². The van der Waals surface area contributed by atoms with Gasteiger partial charge in [0.15, 0.2) is 0 Å². The van der Waals surface area contributed by atoms with Crippen LogP contribution in [0.3, 0.4) is 0 Å². The molecule has 0 radical (unpaired) electrons. The summed E-state index contributed by atoms with van der Waals surface area (Å²) in [6.45, 7) is 1.91. The summed E-state index contributed by atoms with van der Waals surface area (Å²) in [5.74, 6) is 0. The Morgan fingerprint density at radius 2 is 1.82 bits per heavy atom. The molecule has 86 valence electrons. The first kappa shape index (κ1) is 12.2. The molecule has 1 aromatic heterocycles. The fourth-order valence-corrected chi connectivity index (χ4v) is 2.08. The van der Waals surface area contributed by atoms with Crippen molar-refractivity contribution in [1.82, 2.24) is 4.98 Å².